The number of benzene rings is 2. The van der Waals surface area contributed by atoms with Crippen LogP contribution in [0.5, 0.6) is 0 Å². The first kappa shape index (κ1) is 15.0. The lowest BCUT2D eigenvalue weighted by Gasteiger charge is -2.08. The van der Waals surface area contributed by atoms with Crippen LogP contribution in [0.15, 0.2) is 42.5 Å². The molecule has 3 rings (SSSR count). The van der Waals surface area contributed by atoms with Crippen molar-refractivity contribution in [2.45, 2.75) is 6.54 Å². The Labute approximate surface area is 129 Å². The molecule has 0 spiro atoms. The number of hydrogen-bond donors (Lipinski definition) is 0. The van der Waals surface area contributed by atoms with Crippen molar-refractivity contribution in [2.75, 3.05) is 0 Å². The second-order valence-electron chi connectivity index (χ2n) is 4.82. The van der Waals surface area contributed by atoms with E-state index in [1.807, 2.05) is 0 Å². The molecule has 0 amide bonds. The molecule has 2 aromatic carbocycles. The van der Waals surface area contributed by atoms with Crippen LogP contribution in [0.2, 0.25) is 0 Å². The van der Waals surface area contributed by atoms with Gasteiger partial charge in [-0.05, 0) is 24.3 Å². The Balaban J connectivity index is 2.09. The van der Waals surface area contributed by atoms with E-state index in [1.54, 1.807) is 18.2 Å². The molecule has 23 heavy (non-hydrogen) atoms. The maximum absolute atomic E-state index is 13.8. The van der Waals surface area contributed by atoms with Gasteiger partial charge in [0.25, 0.3) is 0 Å². The van der Waals surface area contributed by atoms with E-state index in [1.165, 1.54) is 16.8 Å². The Morgan fingerprint density at radius 1 is 1.00 bits per heavy atom. The summed E-state index contributed by atoms with van der Waals surface area (Å²) >= 11 is 0. The normalized spacial score (nSPS) is 10.7. The zero-order chi connectivity index (χ0) is 16.4. The number of aldehydes is 1. The van der Waals surface area contributed by atoms with Crippen LogP contribution in [-0.4, -0.2) is 21.3 Å². The van der Waals surface area contributed by atoms with E-state index in [0.717, 1.165) is 12.1 Å². The minimum absolute atomic E-state index is 0.00183. The van der Waals surface area contributed by atoms with Crippen molar-refractivity contribution in [1.82, 2.24) is 15.0 Å². The number of rotatable bonds is 4. The molecule has 116 valence electrons. The lowest BCUT2D eigenvalue weighted by Crippen LogP contribution is -2.06. The van der Waals surface area contributed by atoms with Crippen molar-refractivity contribution in [3.63, 3.8) is 0 Å². The topological polar surface area (TPSA) is 47.8 Å². The van der Waals surface area contributed by atoms with E-state index in [9.17, 15) is 18.0 Å². The highest BCUT2D eigenvalue weighted by Crippen LogP contribution is 2.24. The summed E-state index contributed by atoms with van der Waals surface area (Å²) in [7, 11) is 0. The molecule has 7 heteroatoms. The summed E-state index contributed by atoms with van der Waals surface area (Å²) < 4.78 is 41.6. The Morgan fingerprint density at radius 3 is 2.48 bits per heavy atom. The van der Waals surface area contributed by atoms with Gasteiger partial charge in [-0.15, -0.1) is 5.10 Å². The van der Waals surface area contributed by atoms with Gasteiger partial charge in [0.2, 0.25) is 0 Å². The van der Waals surface area contributed by atoms with Crippen LogP contribution >= 0.6 is 0 Å². The average molecular weight is 317 g/mol. The number of carbonyl (C=O) groups excluding carboxylic acids is 1. The van der Waals surface area contributed by atoms with Gasteiger partial charge in [-0.3, -0.25) is 4.79 Å². The third-order valence-corrected chi connectivity index (χ3v) is 3.34. The first-order valence-corrected chi connectivity index (χ1v) is 6.67. The zero-order valence-corrected chi connectivity index (χ0v) is 11.7. The largest absolute Gasteiger partial charge is 0.296 e. The van der Waals surface area contributed by atoms with Gasteiger partial charge in [-0.2, -0.15) is 0 Å². The zero-order valence-electron chi connectivity index (χ0n) is 11.7. The van der Waals surface area contributed by atoms with Crippen LogP contribution in [0.25, 0.3) is 11.3 Å². The molecule has 0 fully saturated rings. The second kappa shape index (κ2) is 6.04. The van der Waals surface area contributed by atoms with E-state index >= 15 is 0 Å². The minimum atomic E-state index is -1.06. The third kappa shape index (κ3) is 2.85. The molecule has 0 saturated heterocycles. The number of carbonyl (C=O) groups is 1. The fourth-order valence-corrected chi connectivity index (χ4v) is 2.24. The summed E-state index contributed by atoms with van der Waals surface area (Å²) in [6.07, 6.45) is 0.460. The lowest BCUT2D eigenvalue weighted by molar-refractivity contribution is 0.111. The predicted molar refractivity (Wildman–Crippen MR) is 76.3 cm³/mol. The van der Waals surface area contributed by atoms with Crippen LogP contribution in [-0.2, 0) is 6.54 Å². The van der Waals surface area contributed by atoms with Crippen LogP contribution in [0.4, 0.5) is 13.2 Å². The van der Waals surface area contributed by atoms with Crippen molar-refractivity contribution in [1.29, 1.82) is 0 Å². The number of hydrogen-bond acceptors (Lipinski definition) is 3. The fraction of sp³-hybridized carbons (Fsp3) is 0.0625. The Hall–Kier alpha value is -2.96. The Bertz CT molecular complexity index is 877. The van der Waals surface area contributed by atoms with Crippen LogP contribution < -0.4 is 0 Å². The van der Waals surface area contributed by atoms with Gasteiger partial charge in [0.1, 0.15) is 5.82 Å². The summed E-state index contributed by atoms with van der Waals surface area (Å²) in [5.41, 5.74) is 0.723. The van der Waals surface area contributed by atoms with Crippen molar-refractivity contribution >= 4 is 6.29 Å². The van der Waals surface area contributed by atoms with Crippen molar-refractivity contribution in [2.24, 2.45) is 0 Å². The van der Waals surface area contributed by atoms with E-state index in [2.05, 4.69) is 10.3 Å². The molecule has 0 saturated carbocycles. The SMILES string of the molecule is O=Cc1nnn(Cc2ccccc2F)c1-c1ccc(F)c(F)c1. The van der Waals surface area contributed by atoms with E-state index < -0.39 is 17.5 Å². The standard InChI is InChI=1S/C16H10F3N3O/c17-12-4-2-1-3-11(12)8-22-16(15(9-23)20-21-22)10-5-6-13(18)14(19)7-10/h1-7,9H,8H2. The van der Waals surface area contributed by atoms with Gasteiger partial charge in [0.05, 0.1) is 12.2 Å². The molecule has 0 radical (unpaired) electrons. The van der Waals surface area contributed by atoms with Gasteiger partial charge >= 0.3 is 0 Å². The van der Waals surface area contributed by atoms with Crippen LogP contribution in [0, 0.1) is 17.5 Å². The Morgan fingerprint density at radius 2 is 1.78 bits per heavy atom. The maximum Gasteiger partial charge on any atom is 0.172 e. The second-order valence-corrected chi connectivity index (χ2v) is 4.82. The van der Waals surface area contributed by atoms with E-state index in [0.29, 0.717) is 11.8 Å². The van der Waals surface area contributed by atoms with Gasteiger partial charge in [0, 0.05) is 11.1 Å². The fourth-order valence-electron chi connectivity index (χ4n) is 2.24. The van der Waals surface area contributed by atoms with Gasteiger partial charge in [-0.1, -0.05) is 23.4 Å². The molecule has 0 aliphatic rings. The maximum atomic E-state index is 13.8. The summed E-state index contributed by atoms with van der Waals surface area (Å²) in [5.74, 6) is -2.50. The summed E-state index contributed by atoms with van der Waals surface area (Å²) in [6.45, 7) is 0.00183. The highest BCUT2D eigenvalue weighted by Gasteiger charge is 2.17. The molecule has 3 aromatic rings. The molecule has 1 heterocycles. The van der Waals surface area contributed by atoms with Crippen molar-refractivity contribution in [3.05, 3.63) is 71.2 Å². The summed E-state index contributed by atoms with van der Waals surface area (Å²) in [6, 6.07) is 9.26. The molecule has 0 bridgehead atoms. The first-order chi connectivity index (χ1) is 11.1. The summed E-state index contributed by atoms with van der Waals surface area (Å²) in [5, 5.41) is 7.50. The third-order valence-electron chi connectivity index (χ3n) is 3.34. The molecular formula is C16H10F3N3O. The molecule has 0 aliphatic heterocycles. The predicted octanol–water partition coefficient (Wildman–Crippen LogP) is 3.22. The smallest absolute Gasteiger partial charge is 0.172 e. The number of halogens is 3. The van der Waals surface area contributed by atoms with Gasteiger partial charge in [0.15, 0.2) is 23.6 Å². The highest BCUT2D eigenvalue weighted by atomic mass is 19.2. The van der Waals surface area contributed by atoms with Gasteiger partial charge < -0.3 is 0 Å². The number of aromatic nitrogens is 3. The van der Waals surface area contributed by atoms with Crippen LogP contribution in [0.1, 0.15) is 16.1 Å². The van der Waals surface area contributed by atoms with E-state index in [4.69, 9.17) is 0 Å². The summed E-state index contributed by atoms with van der Waals surface area (Å²) in [4.78, 5) is 11.1. The molecule has 0 N–H and O–H groups in total. The quantitative estimate of drug-likeness (QED) is 0.694. The number of nitrogens with zero attached hydrogens (tertiary/aromatic N) is 3. The average Bonchev–Trinajstić information content (AvgIpc) is 2.95. The molecule has 0 atom stereocenters. The van der Waals surface area contributed by atoms with Crippen LogP contribution in [0.3, 0.4) is 0 Å². The monoisotopic (exact) mass is 317 g/mol. The lowest BCUT2D eigenvalue weighted by atomic mass is 10.1. The Kier molecular flexibility index (Phi) is 3.92. The van der Waals surface area contributed by atoms with E-state index in [-0.39, 0.29) is 23.5 Å². The molecule has 0 unspecified atom stereocenters. The first-order valence-electron chi connectivity index (χ1n) is 6.67. The molecule has 4 nitrogen and oxygen atoms in total. The molecule has 1 aromatic heterocycles. The van der Waals surface area contributed by atoms with Crippen molar-refractivity contribution in [3.8, 4) is 11.3 Å². The van der Waals surface area contributed by atoms with Gasteiger partial charge in [-0.25, -0.2) is 17.9 Å². The minimum Gasteiger partial charge on any atom is -0.296 e. The molecular weight excluding hydrogens is 307 g/mol. The highest BCUT2D eigenvalue weighted by molar-refractivity contribution is 5.83. The van der Waals surface area contributed by atoms with Crippen molar-refractivity contribution < 1.29 is 18.0 Å². The molecule has 0 aliphatic carbocycles.